The Morgan fingerprint density at radius 1 is 0.828 bits per heavy atom. The number of carbonyl (C=O) groups excluding carboxylic acids is 2. The van der Waals surface area contributed by atoms with E-state index in [4.69, 9.17) is 16.3 Å². The topological polar surface area (TPSA) is 67.4 Å². The van der Waals surface area contributed by atoms with E-state index in [1.54, 1.807) is 30.3 Å². The minimum absolute atomic E-state index is 0.219. The van der Waals surface area contributed by atoms with Crippen LogP contribution in [0.15, 0.2) is 78.9 Å². The van der Waals surface area contributed by atoms with Crippen LogP contribution in [0.1, 0.15) is 27.9 Å². The lowest BCUT2D eigenvalue weighted by Crippen LogP contribution is -2.41. The van der Waals surface area contributed by atoms with E-state index in [-0.39, 0.29) is 12.3 Å². The molecule has 29 heavy (non-hydrogen) atoms. The Hall–Kier alpha value is -3.31. The second kappa shape index (κ2) is 10.3. The average Bonchev–Trinajstić information content (AvgIpc) is 2.76. The highest BCUT2D eigenvalue weighted by Crippen LogP contribution is 2.16. The van der Waals surface area contributed by atoms with E-state index in [0.717, 1.165) is 11.1 Å². The minimum Gasteiger partial charge on any atom is -0.489 e. The van der Waals surface area contributed by atoms with Gasteiger partial charge in [-0.1, -0.05) is 60.1 Å². The molecule has 2 amide bonds. The molecule has 0 aliphatic heterocycles. The molecule has 0 saturated heterocycles. The van der Waals surface area contributed by atoms with Gasteiger partial charge >= 0.3 is 0 Å². The molecule has 0 saturated carbocycles. The maximum Gasteiger partial charge on any atom is 0.269 e. The first-order chi connectivity index (χ1) is 14.1. The number of amides is 2. The summed E-state index contributed by atoms with van der Waals surface area (Å²) in [7, 11) is 0. The molecular weight excluding hydrogens is 388 g/mol. The fourth-order valence-electron chi connectivity index (χ4n) is 2.65. The number of hydrogen-bond donors (Lipinski definition) is 2. The summed E-state index contributed by atoms with van der Waals surface area (Å²) in [5.74, 6) is -0.0269. The molecule has 6 heteroatoms. The van der Waals surface area contributed by atoms with Gasteiger partial charge in [-0.05, 0) is 47.9 Å². The summed E-state index contributed by atoms with van der Waals surface area (Å²) in [6.07, 6.45) is 0.713. The molecule has 0 heterocycles. The number of nitrogens with one attached hydrogen (secondary N) is 2. The zero-order valence-corrected chi connectivity index (χ0v) is 16.5. The average molecular weight is 409 g/mol. The third kappa shape index (κ3) is 6.36. The van der Waals surface area contributed by atoms with Gasteiger partial charge in [0.15, 0.2) is 0 Å². The van der Waals surface area contributed by atoms with Crippen LogP contribution in [0.4, 0.5) is 0 Å². The van der Waals surface area contributed by atoms with E-state index in [2.05, 4.69) is 10.9 Å². The molecule has 0 spiro atoms. The first-order valence-corrected chi connectivity index (χ1v) is 9.59. The van der Waals surface area contributed by atoms with Gasteiger partial charge in [-0.25, -0.2) is 0 Å². The lowest BCUT2D eigenvalue weighted by molar-refractivity contribution is -0.121. The molecule has 5 nitrogen and oxygen atoms in total. The molecule has 3 aromatic carbocycles. The lowest BCUT2D eigenvalue weighted by Gasteiger charge is -2.09. The van der Waals surface area contributed by atoms with Crippen LogP contribution in [0.3, 0.4) is 0 Å². The second-order valence-corrected chi connectivity index (χ2v) is 6.80. The standard InChI is InChI=1S/C23H21ClN2O3/c24-21-9-5-4-8-18(21)12-15-22(27)25-26-23(28)19-10-13-20(14-11-19)29-16-17-6-2-1-3-7-17/h1-11,13-14H,12,15-16H2,(H,25,27)(H,26,28). The third-order valence-electron chi connectivity index (χ3n) is 4.26. The molecule has 0 unspecified atom stereocenters. The molecule has 2 N–H and O–H groups in total. The first kappa shape index (κ1) is 20.4. The van der Waals surface area contributed by atoms with E-state index in [1.807, 2.05) is 48.5 Å². The van der Waals surface area contributed by atoms with Gasteiger partial charge in [-0.3, -0.25) is 20.4 Å². The van der Waals surface area contributed by atoms with E-state index in [0.29, 0.717) is 29.4 Å². The molecule has 0 bridgehead atoms. The van der Waals surface area contributed by atoms with E-state index < -0.39 is 5.91 Å². The lowest BCUT2D eigenvalue weighted by atomic mass is 10.1. The van der Waals surface area contributed by atoms with Crippen molar-refractivity contribution in [2.75, 3.05) is 0 Å². The Kier molecular flexibility index (Phi) is 7.25. The van der Waals surface area contributed by atoms with Crippen LogP contribution in [0.5, 0.6) is 5.75 Å². The Morgan fingerprint density at radius 3 is 2.24 bits per heavy atom. The zero-order valence-electron chi connectivity index (χ0n) is 15.7. The third-order valence-corrected chi connectivity index (χ3v) is 4.63. The van der Waals surface area contributed by atoms with Crippen molar-refractivity contribution in [2.45, 2.75) is 19.4 Å². The maximum atomic E-state index is 12.2. The number of rotatable bonds is 7. The van der Waals surface area contributed by atoms with Crippen LogP contribution in [0, 0.1) is 0 Å². The van der Waals surface area contributed by atoms with Gasteiger partial charge in [0.25, 0.3) is 5.91 Å². The quantitative estimate of drug-likeness (QED) is 0.572. The van der Waals surface area contributed by atoms with Crippen LogP contribution in [0.2, 0.25) is 5.02 Å². The molecule has 148 valence electrons. The smallest absolute Gasteiger partial charge is 0.269 e. The predicted octanol–water partition coefficient (Wildman–Crippen LogP) is 4.31. The summed E-state index contributed by atoms with van der Waals surface area (Å²) in [4.78, 5) is 24.1. The number of ether oxygens (including phenoxy) is 1. The molecule has 3 aromatic rings. The Balaban J connectivity index is 1.43. The van der Waals surface area contributed by atoms with Crippen LogP contribution >= 0.6 is 11.6 Å². The van der Waals surface area contributed by atoms with Crippen LogP contribution in [-0.4, -0.2) is 11.8 Å². The number of benzene rings is 3. The van der Waals surface area contributed by atoms with Crippen molar-refractivity contribution in [2.24, 2.45) is 0 Å². The summed E-state index contributed by atoms with van der Waals surface area (Å²) in [6.45, 7) is 0.452. The fraction of sp³-hybridized carbons (Fsp3) is 0.130. The van der Waals surface area contributed by atoms with Crippen molar-refractivity contribution in [1.82, 2.24) is 10.9 Å². The molecule has 0 aromatic heterocycles. The summed E-state index contributed by atoms with van der Waals surface area (Å²) >= 11 is 6.07. The molecule has 0 aliphatic carbocycles. The fourth-order valence-corrected chi connectivity index (χ4v) is 2.88. The van der Waals surface area contributed by atoms with Crippen molar-refractivity contribution in [3.05, 3.63) is 101 Å². The van der Waals surface area contributed by atoms with Gasteiger partial charge in [0.1, 0.15) is 12.4 Å². The summed E-state index contributed by atoms with van der Waals surface area (Å²) < 4.78 is 5.70. The van der Waals surface area contributed by atoms with E-state index >= 15 is 0 Å². The first-order valence-electron chi connectivity index (χ1n) is 9.21. The second-order valence-electron chi connectivity index (χ2n) is 6.39. The van der Waals surface area contributed by atoms with Crippen LogP contribution < -0.4 is 15.6 Å². The molecule has 3 rings (SSSR count). The van der Waals surface area contributed by atoms with Gasteiger partial charge < -0.3 is 4.74 Å². The monoisotopic (exact) mass is 408 g/mol. The molecule has 0 radical (unpaired) electrons. The van der Waals surface area contributed by atoms with Crippen LogP contribution in [0.25, 0.3) is 0 Å². The summed E-state index contributed by atoms with van der Waals surface area (Å²) in [5, 5.41) is 0.624. The SMILES string of the molecule is O=C(CCc1ccccc1Cl)NNC(=O)c1ccc(OCc2ccccc2)cc1. The largest absolute Gasteiger partial charge is 0.489 e. The van der Waals surface area contributed by atoms with Crippen molar-refractivity contribution in [3.8, 4) is 5.75 Å². The minimum atomic E-state index is -0.397. The van der Waals surface area contributed by atoms with E-state index in [9.17, 15) is 9.59 Å². The summed E-state index contributed by atoms with van der Waals surface area (Å²) in [5.41, 5.74) is 7.21. The number of hydrazine groups is 1. The summed E-state index contributed by atoms with van der Waals surface area (Å²) in [6, 6.07) is 23.9. The molecule has 0 atom stereocenters. The highest BCUT2D eigenvalue weighted by atomic mass is 35.5. The highest BCUT2D eigenvalue weighted by Gasteiger charge is 2.09. The Labute approximate surface area is 174 Å². The predicted molar refractivity (Wildman–Crippen MR) is 113 cm³/mol. The van der Waals surface area contributed by atoms with Crippen molar-refractivity contribution in [3.63, 3.8) is 0 Å². The maximum absolute atomic E-state index is 12.2. The van der Waals surface area contributed by atoms with E-state index in [1.165, 1.54) is 0 Å². The van der Waals surface area contributed by atoms with Gasteiger partial charge in [-0.2, -0.15) is 0 Å². The zero-order chi connectivity index (χ0) is 20.5. The van der Waals surface area contributed by atoms with Crippen molar-refractivity contribution < 1.29 is 14.3 Å². The number of carbonyl (C=O) groups is 2. The van der Waals surface area contributed by atoms with Gasteiger partial charge in [0.05, 0.1) is 0 Å². The van der Waals surface area contributed by atoms with Gasteiger partial charge in [0, 0.05) is 17.0 Å². The number of halogens is 1. The molecular formula is C23H21ClN2O3. The number of aryl methyl sites for hydroxylation is 1. The van der Waals surface area contributed by atoms with Crippen molar-refractivity contribution in [1.29, 1.82) is 0 Å². The Morgan fingerprint density at radius 2 is 1.52 bits per heavy atom. The highest BCUT2D eigenvalue weighted by molar-refractivity contribution is 6.31. The Bertz CT molecular complexity index is 959. The molecule has 0 fully saturated rings. The van der Waals surface area contributed by atoms with Crippen LogP contribution in [-0.2, 0) is 17.8 Å². The van der Waals surface area contributed by atoms with Gasteiger partial charge in [0.2, 0.25) is 5.91 Å². The normalized spacial score (nSPS) is 10.2. The van der Waals surface area contributed by atoms with Crippen molar-refractivity contribution >= 4 is 23.4 Å². The van der Waals surface area contributed by atoms with Gasteiger partial charge in [-0.15, -0.1) is 0 Å². The number of hydrogen-bond acceptors (Lipinski definition) is 3. The molecule has 0 aliphatic rings.